The monoisotopic (exact) mass is 402 g/mol. The predicted octanol–water partition coefficient (Wildman–Crippen LogP) is 2.25. The third-order valence-corrected chi connectivity index (χ3v) is 4.10. The largest absolute Gasteiger partial charge is 0.481 e. The number of halogens is 2. The summed E-state index contributed by atoms with van der Waals surface area (Å²) in [7, 11) is -3.86. The zero-order chi connectivity index (χ0) is 17.0. The molecule has 2 aromatic rings. The van der Waals surface area contributed by atoms with Gasteiger partial charge in [-0.05, 0) is 36.4 Å². The number of ether oxygens (including phenoxy) is 1. The van der Waals surface area contributed by atoms with E-state index in [-0.39, 0.29) is 16.3 Å². The van der Waals surface area contributed by atoms with Gasteiger partial charge >= 0.3 is 0 Å². The number of hydrogen-bond donors (Lipinski definition) is 2. The molecule has 122 valence electrons. The fourth-order valence-corrected chi connectivity index (χ4v) is 2.58. The SMILES string of the molecule is NS(=O)(=O)c1cccc(NC(=O)COc2ccc(Br)cc2F)c1. The fraction of sp³-hybridized carbons (Fsp3) is 0.0714. The molecule has 0 atom stereocenters. The highest BCUT2D eigenvalue weighted by molar-refractivity contribution is 9.10. The van der Waals surface area contributed by atoms with Gasteiger partial charge in [-0.1, -0.05) is 22.0 Å². The van der Waals surface area contributed by atoms with Gasteiger partial charge in [-0.25, -0.2) is 17.9 Å². The molecular weight excluding hydrogens is 391 g/mol. The number of nitrogens with one attached hydrogen (secondary N) is 1. The molecule has 0 fully saturated rings. The van der Waals surface area contributed by atoms with Crippen molar-refractivity contribution in [2.24, 2.45) is 5.14 Å². The molecular formula is C14H12BrFN2O4S. The summed E-state index contributed by atoms with van der Waals surface area (Å²) in [5.74, 6) is -1.25. The van der Waals surface area contributed by atoms with E-state index in [1.54, 1.807) is 6.07 Å². The van der Waals surface area contributed by atoms with Crippen molar-refractivity contribution in [2.45, 2.75) is 4.90 Å². The van der Waals surface area contributed by atoms with Crippen molar-refractivity contribution in [3.05, 3.63) is 52.8 Å². The Hall–Kier alpha value is -1.97. The number of nitrogens with two attached hydrogens (primary N) is 1. The number of sulfonamides is 1. The Morgan fingerprint density at radius 1 is 1.26 bits per heavy atom. The van der Waals surface area contributed by atoms with E-state index in [0.29, 0.717) is 4.47 Å². The zero-order valence-electron chi connectivity index (χ0n) is 11.6. The Bertz CT molecular complexity index is 842. The molecule has 0 aromatic heterocycles. The third-order valence-electron chi connectivity index (χ3n) is 2.70. The molecule has 23 heavy (non-hydrogen) atoms. The number of carbonyl (C=O) groups excluding carboxylic acids is 1. The summed E-state index contributed by atoms with van der Waals surface area (Å²) < 4.78 is 41.6. The van der Waals surface area contributed by atoms with E-state index in [1.807, 2.05) is 0 Å². The van der Waals surface area contributed by atoms with Crippen molar-refractivity contribution in [3.63, 3.8) is 0 Å². The van der Waals surface area contributed by atoms with E-state index in [1.165, 1.54) is 36.4 Å². The van der Waals surface area contributed by atoms with Crippen LogP contribution in [0.3, 0.4) is 0 Å². The van der Waals surface area contributed by atoms with Gasteiger partial charge in [0.25, 0.3) is 5.91 Å². The molecule has 0 aliphatic rings. The maximum absolute atomic E-state index is 13.5. The standard InChI is InChI=1S/C14H12BrFN2O4S/c15-9-4-5-13(12(16)6-9)22-8-14(19)18-10-2-1-3-11(7-10)23(17,20)21/h1-7H,8H2,(H,18,19)(H2,17,20,21). The van der Waals surface area contributed by atoms with Gasteiger partial charge in [0.15, 0.2) is 18.2 Å². The van der Waals surface area contributed by atoms with Gasteiger partial charge in [-0.15, -0.1) is 0 Å². The first-order valence-electron chi connectivity index (χ1n) is 6.26. The molecule has 0 radical (unpaired) electrons. The van der Waals surface area contributed by atoms with Crippen LogP contribution in [-0.2, 0) is 14.8 Å². The molecule has 0 aliphatic carbocycles. The van der Waals surface area contributed by atoms with Crippen LogP contribution in [0.1, 0.15) is 0 Å². The van der Waals surface area contributed by atoms with E-state index < -0.39 is 28.4 Å². The van der Waals surface area contributed by atoms with Crippen LogP contribution >= 0.6 is 15.9 Å². The minimum Gasteiger partial charge on any atom is -0.481 e. The Balaban J connectivity index is 2.00. The lowest BCUT2D eigenvalue weighted by Crippen LogP contribution is -2.21. The molecule has 0 unspecified atom stereocenters. The summed E-state index contributed by atoms with van der Waals surface area (Å²) in [4.78, 5) is 11.6. The second-order valence-corrected chi connectivity index (χ2v) is 6.96. The lowest BCUT2D eigenvalue weighted by molar-refractivity contribution is -0.118. The fourth-order valence-electron chi connectivity index (χ4n) is 1.68. The number of anilines is 1. The molecule has 0 heterocycles. The van der Waals surface area contributed by atoms with Crippen molar-refractivity contribution >= 4 is 37.5 Å². The average Bonchev–Trinajstić information content (AvgIpc) is 2.45. The van der Waals surface area contributed by atoms with Crippen molar-refractivity contribution in [1.82, 2.24) is 0 Å². The van der Waals surface area contributed by atoms with Crippen LogP contribution in [0.5, 0.6) is 5.75 Å². The van der Waals surface area contributed by atoms with Crippen molar-refractivity contribution in [2.75, 3.05) is 11.9 Å². The zero-order valence-corrected chi connectivity index (χ0v) is 14.0. The van der Waals surface area contributed by atoms with Gasteiger partial charge in [0, 0.05) is 10.2 Å². The van der Waals surface area contributed by atoms with Crippen molar-refractivity contribution in [3.8, 4) is 5.75 Å². The summed E-state index contributed by atoms with van der Waals surface area (Å²) in [6, 6.07) is 9.62. The highest BCUT2D eigenvalue weighted by Gasteiger charge is 2.11. The van der Waals surface area contributed by atoms with Crippen LogP contribution < -0.4 is 15.2 Å². The molecule has 0 aliphatic heterocycles. The number of hydrogen-bond acceptors (Lipinski definition) is 4. The quantitative estimate of drug-likeness (QED) is 0.800. The summed E-state index contributed by atoms with van der Waals surface area (Å²) in [5.41, 5.74) is 0.237. The van der Waals surface area contributed by atoms with Crippen LogP contribution in [0.15, 0.2) is 51.8 Å². The molecule has 2 rings (SSSR count). The summed E-state index contributed by atoms with van der Waals surface area (Å²) >= 11 is 3.11. The van der Waals surface area contributed by atoms with Crippen LogP contribution in [-0.4, -0.2) is 20.9 Å². The van der Waals surface area contributed by atoms with Gasteiger partial charge in [0.1, 0.15) is 0 Å². The molecule has 9 heteroatoms. The van der Waals surface area contributed by atoms with Gasteiger partial charge in [0.05, 0.1) is 4.90 Å². The highest BCUT2D eigenvalue weighted by Crippen LogP contribution is 2.21. The van der Waals surface area contributed by atoms with Gasteiger partial charge in [-0.2, -0.15) is 0 Å². The first kappa shape index (κ1) is 17.4. The van der Waals surface area contributed by atoms with E-state index in [9.17, 15) is 17.6 Å². The molecule has 2 aromatic carbocycles. The summed E-state index contributed by atoms with van der Waals surface area (Å²) in [5, 5.41) is 7.45. The molecule has 1 amide bonds. The van der Waals surface area contributed by atoms with Crippen LogP contribution in [0.4, 0.5) is 10.1 Å². The van der Waals surface area contributed by atoms with Gasteiger partial charge < -0.3 is 10.1 Å². The average molecular weight is 403 g/mol. The number of primary sulfonamides is 1. The smallest absolute Gasteiger partial charge is 0.262 e. The first-order valence-corrected chi connectivity index (χ1v) is 8.60. The van der Waals surface area contributed by atoms with E-state index in [0.717, 1.165) is 0 Å². The first-order chi connectivity index (χ1) is 10.8. The lowest BCUT2D eigenvalue weighted by atomic mass is 10.3. The minimum absolute atomic E-state index is 0.0679. The Morgan fingerprint density at radius 3 is 2.65 bits per heavy atom. The summed E-state index contributed by atoms with van der Waals surface area (Å²) in [6.07, 6.45) is 0. The normalized spacial score (nSPS) is 11.1. The number of rotatable bonds is 5. The molecule has 0 spiro atoms. The van der Waals surface area contributed by atoms with Crippen LogP contribution in [0, 0.1) is 5.82 Å². The molecule has 6 nitrogen and oxygen atoms in total. The van der Waals surface area contributed by atoms with E-state index >= 15 is 0 Å². The van der Waals surface area contributed by atoms with Crippen molar-refractivity contribution in [1.29, 1.82) is 0 Å². The number of carbonyl (C=O) groups is 1. The lowest BCUT2D eigenvalue weighted by Gasteiger charge is -2.09. The Kier molecular flexibility index (Phi) is 5.34. The topological polar surface area (TPSA) is 98.5 Å². The maximum atomic E-state index is 13.5. The highest BCUT2D eigenvalue weighted by atomic mass is 79.9. The van der Waals surface area contributed by atoms with E-state index in [2.05, 4.69) is 21.2 Å². The number of amides is 1. The van der Waals surface area contributed by atoms with Crippen LogP contribution in [0.2, 0.25) is 0 Å². The second kappa shape index (κ2) is 7.07. The molecule has 0 saturated heterocycles. The Labute approximate surface area is 140 Å². The molecule has 3 N–H and O–H groups in total. The summed E-state index contributed by atoms with van der Waals surface area (Å²) in [6.45, 7) is -0.432. The minimum atomic E-state index is -3.86. The van der Waals surface area contributed by atoms with E-state index in [4.69, 9.17) is 9.88 Å². The predicted molar refractivity (Wildman–Crippen MR) is 86.0 cm³/mol. The van der Waals surface area contributed by atoms with Gasteiger partial charge in [0.2, 0.25) is 10.0 Å². The van der Waals surface area contributed by atoms with Crippen molar-refractivity contribution < 1.29 is 22.3 Å². The molecule has 0 saturated carbocycles. The second-order valence-electron chi connectivity index (χ2n) is 4.48. The van der Waals surface area contributed by atoms with Crippen LogP contribution in [0.25, 0.3) is 0 Å². The Morgan fingerprint density at radius 2 is 2.00 bits per heavy atom. The van der Waals surface area contributed by atoms with Gasteiger partial charge in [-0.3, -0.25) is 4.79 Å². The third kappa shape index (κ3) is 5.02. The number of benzene rings is 2. The molecule has 0 bridgehead atoms. The maximum Gasteiger partial charge on any atom is 0.262 e.